The number of halogens is 1. The number of nitrogens with zero attached hydrogens (tertiary/aromatic N) is 1. The molecule has 9 heteroatoms. The highest BCUT2D eigenvalue weighted by Gasteiger charge is 2.11. The minimum atomic E-state index is -0.914. The van der Waals surface area contributed by atoms with E-state index in [1.165, 1.54) is 12.3 Å². The van der Waals surface area contributed by atoms with Crippen molar-refractivity contribution in [3.8, 4) is 5.75 Å². The SMILES string of the molecule is C=CCNC(=O)C(=O)N/N=C\c1ccccc1OCC(=O)Nc1ccc(C)c(Cl)c1. The van der Waals surface area contributed by atoms with E-state index in [2.05, 4.69) is 27.7 Å². The Hall–Kier alpha value is -3.65. The number of hydrogen-bond donors (Lipinski definition) is 3. The fraction of sp³-hybridized carbons (Fsp3) is 0.143. The van der Waals surface area contributed by atoms with Gasteiger partial charge < -0.3 is 15.4 Å². The molecule has 0 saturated carbocycles. The first-order chi connectivity index (χ1) is 14.4. The van der Waals surface area contributed by atoms with E-state index in [1.54, 1.807) is 42.5 Å². The topological polar surface area (TPSA) is 109 Å². The number of carbonyl (C=O) groups excluding carboxylic acids is 3. The van der Waals surface area contributed by atoms with E-state index in [4.69, 9.17) is 16.3 Å². The summed E-state index contributed by atoms with van der Waals surface area (Å²) in [6.45, 7) is 5.23. The summed E-state index contributed by atoms with van der Waals surface area (Å²) in [6.07, 6.45) is 2.76. The van der Waals surface area contributed by atoms with Gasteiger partial charge in [0.15, 0.2) is 6.61 Å². The van der Waals surface area contributed by atoms with Crippen LogP contribution in [0.5, 0.6) is 5.75 Å². The predicted octanol–water partition coefficient (Wildman–Crippen LogP) is 2.42. The lowest BCUT2D eigenvalue weighted by molar-refractivity contribution is -0.139. The van der Waals surface area contributed by atoms with Gasteiger partial charge in [0.2, 0.25) is 0 Å². The molecular formula is C21H21ClN4O4. The molecule has 0 aliphatic heterocycles. The molecule has 0 aliphatic rings. The van der Waals surface area contributed by atoms with Crippen molar-refractivity contribution in [3.63, 3.8) is 0 Å². The number of para-hydroxylation sites is 1. The van der Waals surface area contributed by atoms with Gasteiger partial charge in [-0.1, -0.05) is 35.9 Å². The van der Waals surface area contributed by atoms with E-state index < -0.39 is 11.8 Å². The van der Waals surface area contributed by atoms with Crippen LogP contribution in [0.15, 0.2) is 60.2 Å². The summed E-state index contributed by atoms with van der Waals surface area (Å²) in [5, 5.41) is 9.32. The Balaban J connectivity index is 1.92. The lowest BCUT2D eigenvalue weighted by Gasteiger charge is -2.10. The summed E-state index contributed by atoms with van der Waals surface area (Å²) in [4.78, 5) is 35.2. The number of anilines is 1. The van der Waals surface area contributed by atoms with Crippen molar-refractivity contribution in [2.75, 3.05) is 18.5 Å². The second kappa shape index (κ2) is 11.4. The zero-order valence-electron chi connectivity index (χ0n) is 16.3. The number of ether oxygens (including phenoxy) is 1. The van der Waals surface area contributed by atoms with E-state index in [9.17, 15) is 14.4 Å². The molecule has 30 heavy (non-hydrogen) atoms. The molecule has 0 aromatic heterocycles. The third kappa shape index (κ3) is 7.06. The number of hydrazone groups is 1. The molecule has 8 nitrogen and oxygen atoms in total. The van der Waals surface area contributed by atoms with Crippen molar-refractivity contribution < 1.29 is 19.1 Å². The molecule has 0 fully saturated rings. The average Bonchev–Trinajstić information content (AvgIpc) is 2.73. The van der Waals surface area contributed by atoms with Gasteiger partial charge in [-0.15, -0.1) is 6.58 Å². The summed E-state index contributed by atoms with van der Waals surface area (Å²) in [5.41, 5.74) is 4.09. The van der Waals surface area contributed by atoms with Crippen molar-refractivity contribution in [3.05, 3.63) is 71.3 Å². The number of carbonyl (C=O) groups is 3. The lowest BCUT2D eigenvalue weighted by Crippen LogP contribution is -2.37. The molecule has 0 bridgehead atoms. The fourth-order valence-corrected chi connectivity index (χ4v) is 2.37. The molecule has 2 rings (SSSR count). The monoisotopic (exact) mass is 428 g/mol. The highest BCUT2D eigenvalue weighted by Crippen LogP contribution is 2.20. The molecule has 3 amide bonds. The van der Waals surface area contributed by atoms with E-state index in [0.717, 1.165) is 5.56 Å². The third-order valence-electron chi connectivity index (χ3n) is 3.72. The van der Waals surface area contributed by atoms with Gasteiger partial charge in [0.05, 0.1) is 6.21 Å². The van der Waals surface area contributed by atoms with Crippen LogP contribution in [0.4, 0.5) is 5.69 Å². The molecule has 2 aromatic rings. The van der Waals surface area contributed by atoms with Crippen LogP contribution in [-0.4, -0.2) is 37.1 Å². The van der Waals surface area contributed by atoms with Crippen LogP contribution in [0, 0.1) is 6.92 Å². The Morgan fingerprint density at radius 1 is 1.17 bits per heavy atom. The van der Waals surface area contributed by atoms with Crippen molar-refractivity contribution in [2.24, 2.45) is 5.10 Å². The maximum Gasteiger partial charge on any atom is 0.329 e. The number of amides is 3. The highest BCUT2D eigenvalue weighted by atomic mass is 35.5. The summed E-state index contributed by atoms with van der Waals surface area (Å²) >= 11 is 6.05. The molecule has 156 valence electrons. The first-order valence-corrected chi connectivity index (χ1v) is 9.28. The van der Waals surface area contributed by atoms with E-state index >= 15 is 0 Å². The van der Waals surface area contributed by atoms with Crippen LogP contribution in [0.2, 0.25) is 5.02 Å². The van der Waals surface area contributed by atoms with Gasteiger partial charge in [0.25, 0.3) is 5.91 Å². The van der Waals surface area contributed by atoms with Crippen LogP contribution >= 0.6 is 11.6 Å². The second-order valence-corrected chi connectivity index (χ2v) is 6.44. The quantitative estimate of drug-likeness (QED) is 0.259. The first-order valence-electron chi connectivity index (χ1n) is 8.90. The van der Waals surface area contributed by atoms with Gasteiger partial charge in [-0.2, -0.15) is 5.10 Å². The number of hydrogen-bond acceptors (Lipinski definition) is 5. The normalized spacial score (nSPS) is 10.3. The maximum absolute atomic E-state index is 12.1. The van der Waals surface area contributed by atoms with Gasteiger partial charge in [0.1, 0.15) is 5.75 Å². The summed E-state index contributed by atoms with van der Waals surface area (Å²) in [6, 6.07) is 12.0. The van der Waals surface area contributed by atoms with E-state index in [0.29, 0.717) is 22.0 Å². The molecule has 0 aliphatic carbocycles. The van der Waals surface area contributed by atoms with Crippen molar-refractivity contribution in [1.29, 1.82) is 0 Å². The highest BCUT2D eigenvalue weighted by molar-refractivity contribution is 6.35. The third-order valence-corrected chi connectivity index (χ3v) is 4.12. The Morgan fingerprint density at radius 3 is 2.67 bits per heavy atom. The molecule has 0 spiro atoms. The Bertz CT molecular complexity index is 975. The lowest BCUT2D eigenvalue weighted by atomic mass is 10.2. The van der Waals surface area contributed by atoms with E-state index in [-0.39, 0.29) is 19.1 Å². The molecule has 2 aromatic carbocycles. The van der Waals surface area contributed by atoms with Crippen molar-refractivity contribution >= 4 is 41.2 Å². The van der Waals surface area contributed by atoms with Gasteiger partial charge in [-0.3, -0.25) is 14.4 Å². The standard InChI is InChI=1S/C21H21ClN4O4/c1-3-10-23-20(28)21(29)26-24-12-15-6-4-5-7-18(15)30-13-19(27)25-16-9-8-14(2)17(22)11-16/h3-9,11-12H,1,10,13H2,2H3,(H,23,28)(H,25,27)(H,26,29)/b24-12-. The molecule has 0 saturated heterocycles. The maximum atomic E-state index is 12.1. The van der Waals surface area contributed by atoms with E-state index in [1.807, 2.05) is 6.92 Å². The van der Waals surface area contributed by atoms with Gasteiger partial charge >= 0.3 is 11.8 Å². The summed E-state index contributed by atoms with van der Waals surface area (Å²) < 4.78 is 5.54. The van der Waals surface area contributed by atoms with Crippen LogP contribution < -0.4 is 20.8 Å². The molecule has 0 radical (unpaired) electrons. The summed E-state index contributed by atoms with van der Waals surface area (Å²) in [7, 11) is 0. The average molecular weight is 429 g/mol. The van der Waals surface area contributed by atoms with Crippen LogP contribution in [0.25, 0.3) is 0 Å². The molecular weight excluding hydrogens is 408 g/mol. The number of nitrogens with one attached hydrogen (secondary N) is 3. The Kier molecular flexibility index (Phi) is 8.58. The van der Waals surface area contributed by atoms with Gasteiger partial charge in [0, 0.05) is 22.8 Å². The molecule has 0 unspecified atom stereocenters. The minimum Gasteiger partial charge on any atom is -0.483 e. The molecule has 3 N–H and O–H groups in total. The number of rotatable bonds is 8. The zero-order valence-corrected chi connectivity index (χ0v) is 17.0. The largest absolute Gasteiger partial charge is 0.483 e. The second-order valence-electron chi connectivity index (χ2n) is 6.04. The Morgan fingerprint density at radius 2 is 1.93 bits per heavy atom. The van der Waals surface area contributed by atoms with Crippen LogP contribution in [-0.2, 0) is 14.4 Å². The zero-order chi connectivity index (χ0) is 21.9. The van der Waals surface area contributed by atoms with Gasteiger partial charge in [-0.25, -0.2) is 5.43 Å². The number of aryl methyl sites for hydroxylation is 1. The minimum absolute atomic E-state index is 0.170. The number of benzene rings is 2. The van der Waals surface area contributed by atoms with Gasteiger partial charge in [-0.05, 0) is 36.8 Å². The molecule has 0 heterocycles. The Labute approximate surface area is 178 Å². The molecule has 0 atom stereocenters. The van der Waals surface area contributed by atoms with Crippen molar-refractivity contribution in [2.45, 2.75) is 6.92 Å². The fourth-order valence-electron chi connectivity index (χ4n) is 2.19. The smallest absolute Gasteiger partial charge is 0.329 e. The predicted molar refractivity (Wildman–Crippen MR) is 116 cm³/mol. The first kappa shape index (κ1) is 22.6. The summed E-state index contributed by atoms with van der Waals surface area (Å²) in [5.74, 6) is -1.73. The van der Waals surface area contributed by atoms with Crippen LogP contribution in [0.1, 0.15) is 11.1 Å². The van der Waals surface area contributed by atoms with Crippen LogP contribution in [0.3, 0.4) is 0 Å². The van der Waals surface area contributed by atoms with Crippen molar-refractivity contribution in [1.82, 2.24) is 10.7 Å².